The van der Waals surface area contributed by atoms with E-state index in [9.17, 15) is 15.0 Å². The minimum atomic E-state index is -0.0802. The Morgan fingerprint density at radius 2 is 1.77 bits per heavy atom. The van der Waals surface area contributed by atoms with Crippen LogP contribution in [0.15, 0.2) is 42.5 Å². The van der Waals surface area contributed by atoms with E-state index in [4.69, 9.17) is 4.74 Å². The van der Waals surface area contributed by atoms with Crippen LogP contribution in [0.4, 0.5) is 0 Å². The van der Waals surface area contributed by atoms with Crippen molar-refractivity contribution in [3.8, 4) is 17.2 Å². The van der Waals surface area contributed by atoms with Crippen LogP contribution in [0.5, 0.6) is 17.2 Å². The predicted molar refractivity (Wildman–Crippen MR) is 83.2 cm³/mol. The summed E-state index contributed by atoms with van der Waals surface area (Å²) >= 11 is 0. The number of rotatable bonds is 6. The average Bonchev–Trinajstić information content (AvgIpc) is 2.50. The van der Waals surface area contributed by atoms with E-state index in [1.165, 1.54) is 7.11 Å². The van der Waals surface area contributed by atoms with Crippen LogP contribution in [0.1, 0.15) is 11.1 Å². The molecule has 0 spiro atoms. The molecule has 2 aromatic carbocycles. The highest BCUT2D eigenvalue weighted by Crippen LogP contribution is 2.26. The number of carbonyl (C=O) groups is 1. The van der Waals surface area contributed by atoms with E-state index in [2.05, 4.69) is 5.32 Å². The van der Waals surface area contributed by atoms with Gasteiger partial charge in [0.2, 0.25) is 5.91 Å². The second-order valence-corrected chi connectivity index (χ2v) is 4.95. The fraction of sp³-hybridized carbons (Fsp3) is 0.235. The molecule has 0 radical (unpaired) electrons. The van der Waals surface area contributed by atoms with Gasteiger partial charge in [-0.15, -0.1) is 0 Å². The van der Waals surface area contributed by atoms with Crippen molar-refractivity contribution < 1.29 is 19.7 Å². The van der Waals surface area contributed by atoms with Gasteiger partial charge in [0.15, 0.2) is 11.5 Å². The maximum atomic E-state index is 11.8. The van der Waals surface area contributed by atoms with E-state index in [0.29, 0.717) is 18.7 Å². The summed E-state index contributed by atoms with van der Waals surface area (Å²) in [6, 6.07) is 11.7. The Kier molecular flexibility index (Phi) is 5.25. The number of methoxy groups -OCH3 is 1. The highest BCUT2D eigenvalue weighted by Gasteiger charge is 2.05. The molecule has 0 fully saturated rings. The Bertz CT molecular complexity index is 638. The van der Waals surface area contributed by atoms with E-state index < -0.39 is 0 Å². The molecule has 5 heteroatoms. The van der Waals surface area contributed by atoms with Crippen molar-refractivity contribution in [2.45, 2.75) is 12.8 Å². The first-order valence-corrected chi connectivity index (χ1v) is 6.99. The number of phenols is 2. The Balaban J connectivity index is 1.79. The molecule has 0 aliphatic heterocycles. The van der Waals surface area contributed by atoms with Gasteiger partial charge in [0.25, 0.3) is 0 Å². The lowest BCUT2D eigenvalue weighted by atomic mass is 10.1. The minimum Gasteiger partial charge on any atom is -0.508 e. The maximum absolute atomic E-state index is 11.8. The van der Waals surface area contributed by atoms with Crippen molar-refractivity contribution in [2.24, 2.45) is 0 Å². The third kappa shape index (κ3) is 4.41. The van der Waals surface area contributed by atoms with Gasteiger partial charge in [0.1, 0.15) is 5.75 Å². The quantitative estimate of drug-likeness (QED) is 0.762. The Hall–Kier alpha value is -2.69. The fourth-order valence-electron chi connectivity index (χ4n) is 2.10. The molecule has 0 unspecified atom stereocenters. The molecule has 0 aromatic heterocycles. The molecule has 1 amide bonds. The van der Waals surface area contributed by atoms with Crippen LogP contribution in [-0.4, -0.2) is 29.8 Å². The van der Waals surface area contributed by atoms with Crippen LogP contribution in [-0.2, 0) is 17.6 Å². The summed E-state index contributed by atoms with van der Waals surface area (Å²) in [4.78, 5) is 11.8. The molecule has 3 N–H and O–H groups in total. The lowest BCUT2D eigenvalue weighted by Crippen LogP contribution is -2.27. The van der Waals surface area contributed by atoms with Crippen LogP contribution in [0.2, 0.25) is 0 Å². The second kappa shape index (κ2) is 7.36. The lowest BCUT2D eigenvalue weighted by Gasteiger charge is -2.08. The van der Waals surface area contributed by atoms with Gasteiger partial charge in [-0.05, 0) is 41.8 Å². The van der Waals surface area contributed by atoms with E-state index in [1.807, 2.05) is 6.07 Å². The smallest absolute Gasteiger partial charge is 0.224 e. The molecule has 2 rings (SSSR count). The van der Waals surface area contributed by atoms with Crippen molar-refractivity contribution in [3.63, 3.8) is 0 Å². The molecule has 0 saturated carbocycles. The second-order valence-electron chi connectivity index (χ2n) is 4.95. The number of benzene rings is 2. The number of amides is 1. The number of nitrogens with one attached hydrogen (secondary N) is 1. The summed E-state index contributed by atoms with van der Waals surface area (Å²) in [7, 11) is 1.50. The fourth-order valence-corrected chi connectivity index (χ4v) is 2.10. The predicted octanol–water partition coefficient (Wildman–Crippen LogP) is 2.01. The Morgan fingerprint density at radius 1 is 1.09 bits per heavy atom. The van der Waals surface area contributed by atoms with Gasteiger partial charge >= 0.3 is 0 Å². The van der Waals surface area contributed by atoms with Crippen molar-refractivity contribution in [1.29, 1.82) is 0 Å². The van der Waals surface area contributed by atoms with Gasteiger partial charge in [-0.3, -0.25) is 4.79 Å². The third-order valence-corrected chi connectivity index (χ3v) is 3.28. The highest BCUT2D eigenvalue weighted by molar-refractivity contribution is 5.78. The van der Waals surface area contributed by atoms with Gasteiger partial charge in [0.05, 0.1) is 13.5 Å². The average molecular weight is 301 g/mol. The van der Waals surface area contributed by atoms with E-state index >= 15 is 0 Å². The van der Waals surface area contributed by atoms with Gasteiger partial charge in [-0.25, -0.2) is 0 Å². The molecular formula is C17H19NO4. The number of aromatic hydroxyl groups is 2. The third-order valence-electron chi connectivity index (χ3n) is 3.28. The highest BCUT2D eigenvalue weighted by atomic mass is 16.5. The van der Waals surface area contributed by atoms with Crippen LogP contribution >= 0.6 is 0 Å². The number of ether oxygens (including phenoxy) is 1. The number of phenolic OH excluding ortho intramolecular Hbond substituents is 2. The molecule has 2 aromatic rings. The standard InChI is InChI=1S/C17H19NO4/c1-22-16-7-4-13(10-15(16)20)8-9-18-17(21)11-12-2-5-14(19)6-3-12/h2-7,10,19-20H,8-9,11H2,1H3,(H,18,21). The Labute approximate surface area is 129 Å². The zero-order valence-corrected chi connectivity index (χ0v) is 12.4. The van der Waals surface area contributed by atoms with Crippen LogP contribution < -0.4 is 10.1 Å². The summed E-state index contributed by atoms with van der Waals surface area (Å²) in [5, 5.41) is 21.7. The number of carbonyl (C=O) groups excluding carboxylic acids is 1. The topological polar surface area (TPSA) is 78.8 Å². The molecule has 0 saturated heterocycles. The van der Waals surface area contributed by atoms with Crippen molar-refractivity contribution in [1.82, 2.24) is 5.32 Å². The first-order valence-electron chi connectivity index (χ1n) is 6.99. The van der Waals surface area contributed by atoms with Gasteiger partial charge in [-0.2, -0.15) is 0 Å². The lowest BCUT2D eigenvalue weighted by molar-refractivity contribution is -0.120. The van der Waals surface area contributed by atoms with Crippen LogP contribution in [0, 0.1) is 0 Å². The zero-order chi connectivity index (χ0) is 15.9. The first kappa shape index (κ1) is 15.7. The summed E-state index contributed by atoms with van der Waals surface area (Å²) < 4.78 is 4.98. The first-order chi connectivity index (χ1) is 10.6. The molecule has 116 valence electrons. The molecule has 0 bridgehead atoms. The van der Waals surface area contributed by atoms with Crippen molar-refractivity contribution in [3.05, 3.63) is 53.6 Å². The van der Waals surface area contributed by atoms with Crippen molar-refractivity contribution >= 4 is 5.91 Å². The zero-order valence-electron chi connectivity index (χ0n) is 12.4. The van der Waals surface area contributed by atoms with E-state index in [1.54, 1.807) is 36.4 Å². The van der Waals surface area contributed by atoms with Gasteiger partial charge in [-0.1, -0.05) is 18.2 Å². The summed E-state index contributed by atoms with van der Waals surface area (Å²) in [6.45, 7) is 0.489. The largest absolute Gasteiger partial charge is 0.508 e. The van der Waals surface area contributed by atoms with Crippen LogP contribution in [0.3, 0.4) is 0 Å². The summed E-state index contributed by atoms with van der Waals surface area (Å²) in [6.07, 6.45) is 0.896. The Morgan fingerprint density at radius 3 is 2.41 bits per heavy atom. The molecule has 0 aliphatic rings. The van der Waals surface area contributed by atoms with Gasteiger partial charge in [0, 0.05) is 6.54 Å². The van der Waals surface area contributed by atoms with Crippen molar-refractivity contribution in [2.75, 3.05) is 13.7 Å². The number of hydrogen-bond donors (Lipinski definition) is 3. The summed E-state index contributed by atoms with van der Waals surface area (Å²) in [5.74, 6) is 0.627. The molecule has 0 atom stereocenters. The number of hydrogen-bond acceptors (Lipinski definition) is 4. The minimum absolute atomic E-state index is 0.0802. The molecule has 0 aliphatic carbocycles. The van der Waals surface area contributed by atoms with E-state index in [-0.39, 0.29) is 23.8 Å². The SMILES string of the molecule is COc1ccc(CCNC(=O)Cc2ccc(O)cc2)cc1O. The molecule has 5 nitrogen and oxygen atoms in total. The van der Waals surface area contributed by atoms with E-state index in [0.717, 1.165) is 11.1 Å². The monoisotopic (exact) mass is 301 g/mol. The molecule has 0 heterocycles. The maximum Gasteiger partial charge on any atom is 0.224 e. The van der Waals surface area contributed by atoms with Crippen LogP contribution in [0.25, 0.3) is 0 Å². The molecular weight excluding hydrogens is 282 g/mol. The molecule has 22 heavy (non-hydrogen) atoms. The summed E-state index contributed by atoms with van der Waals surface area (Å²) in [5.41, 5.74) is 1.76. The van der Waals surface area contributed by atoms with Gasteiger partial charge < -0.3 is 20.3 Å². The normalized spacial score (nSPS) is 10.2.